The molecule has 0 bridgehead atoms. The molecule has 9 heteroatoms. The van der Waals surface area contributed by atoms with Gasteiger partial charge in [-0.2, -0.15) is 0 Å². The van der Waals surface area contributed by atoms with Crippen LogP contribution in [-0.4, -0.2) is 64.8 Å². The molecule has 0 unspecified atom stereocenters. The molecule has 144 valence electrons. The number of amides is 5. The zero-order valence-electron chi connectivity index (χ0n) is 15.0. The third kappa shape index (κ3) is 4.12. The molecule has 8 nitrogen and oxygen atoms in total. The molecule has 1 aliphatic heterocycles. The van der Waals surface area contributed by atoms with Gasteiger partial charge in [-0.3, -0.25) is 24.2 Å². The molecule has 0 aromatic heterocycles. The third-order valence-electron chi connectivity index (χ3n) is 4.72. The molecule has 1 heterocycles. The van der Waals surface area contributed by atoms with E-state index in [0.29, 0.717) is 10.7 Å². The van der Waals surface area contributed by atoms with E-state index >= 15 is 0 Å². The summed E-state index contributed by atoms with van der Waals surface area (Å²) in [7, 11) is 1.59. The van der Waals surface area contributed by atoms with Crippen LogP contribution in [-0.2, 0) is 14.4 Å². The standard InChI is InChI=1S/C18H21ClN4O4/c1-21(10-15(24)20-14-9-5-4-8-13(14)19)11-22-16(25)17(26)23(18(22)27)12-6-2-3-7-12/h4-5,8-9,12H,2-3,6-7,10-11H2,1H3,(H,20,24). The van der Waals surface area contributed by atoms with Crippen LogP contribution in [0.15, 0.2) is 24.3 Å². The lowest BCUT2D eigenvalue weighted by Crippen LogP contribution is -2.44. The Morgan fingerprint density at radius 2 is 1.85 bits per heavy atom. The van der Waals surface area contributed by atoms with Gasteiger partial charge in [-0.05, 0) is 32.0 Å². The number of carbonyl (C=O) groups is 4. The van der Waals surface area contributed by atoms with E-state index in [2.05, 4.69) is 5.32 Å². The Morgan fingerprint density at radius 3 is 2.52 bits per heavy atom. The van der Waals surface area contributed by atoms with Crippen LogP contribution in [0.1, 0.15) is 25.7 Å². The lowest BCUT2D eigenvalue weighted by Gasteiger charge is -2.24. The summed E-state index contributed by atoms with van der Waals surface area (Å²) in [5.74, 6) is -1.96. The molecule has 1 N–H and O–H groups in total. The number of nitrogens with one attached hydrogen (secondary N) is 1. The third-order valence-corrected chi connectivity index (χ3v) is 5.05. The number of hydrogen-bond donors (Lipinski definition) is 1. The highest BCUT2D eigenvalue weighted by Crippen LogP contribution is 2.27. The summed E-state index contributed by atoms with van der Waals surface area (Å²) in [6.07, 6.45) is 3.35. The second-order valence-electron chi connectivity index (χ2n) is 6.81. The zero-order valence-corrected chi connectivity index (χ0v) is 15.7. The minimum atomic E-state index is -0.842. The molecule has 1 aromatic carbocycles. The predicted molar refractivity (Wildman–Crippen MR) is 98.9 cm³/mol. The largest absolute Gasteiger partial charge is 0.335 e. The van der Waals surface area contributed by atoms with Gasteiger partial charge in [-0.15, -0.1) is 0 Å². The van der Waals surface area contributed by atoms with Crippen molar-refractivity contribution in [3.8, 4) is 0 Å². The summed E-state index contributed by atoms with van der Waals surface area (Å²) in [5, 5.41) is 3.09. The normalized spacial score (nSPS) is 18.1. The van der Waals surface area contributed by atoms with E-state index in [1.807, 2.05) is 0 Å². The Balaban J connectivity index is 1.58. The monoisotopic (exact) mass is 392 g/mol. The first-order valence-corrected chi connectivity index (χ1v) is 9.18. The van der Waals surface area contributed by atoms with Crippen LogP contribution in [0, 0.1) is 0 Å². The van der Waals surface area contributed by atoms with Crippen LogP contribution in [0.5, 0.6) is 0 Å². The number of likely N-dealkylation sites (N-methyl/N-ethyl adjacent to an activating group) is 1. The summed E-state index contributed by atoms with van der Waals surface area (Å²) in [6.45, 7) is -0.206. The number of benzene rings is 1. The molecular formula is C18H21ClN4O4. The lowest BCUT2D eigenvalue weighted by molar-refractivity contribution is -0.144. The molecule has 1 aromatic rings. The maximum Gasteiger partial charge on any atom is 0.335 e. The molecule has 5 amide bonds. The van der Waals surface area contributed by atoms with Crippen molar-refractivity contribution >= 4 is 41.0 Å². The Hall–Kier alpha value is -2.45. The average molecular weight is 393 g/mol. The minimum Gasteiger partial charge on any atom is -0.324 e. The van der Waals surface area contributed by atoms with Crippen LogP contribution in [0.2, 0.25) is 5.02 Å². The second-order valence-corrected chi connectivity index (χ2v) is 7.22. The van der Waals surface area contributed by atoms with E-state index in [4.69, 9.17) is 11.6 Å². The summed E-state index contributed by atoms with van der Waals surface area (Å²) in [5.41, 5.74) is 0.480. The quantitative estimate of drug-likeness (QED) is 0.590. The van der Waals surface area contributed by atoms with E-state index in [9.17, 15) is 19.2 Å². The van der Waals surface area contributed by atoms with E-state index in [1.165, 1.54) is 4.90 Å². The maximum atomic E-state index is 12.5. The van der Waals surface area contributed by atoms with Crippen molar-refractivity contribution in [1.82, 2.24) is 14.7 Å². The van der Waals surface area contributed by atoms with Gasteiger partial charge in [0.2, 0.25) is 5.91 Å². The van der Waals surface area contributed by atoms with Crippen molar-refractivity contribution in [2.45, 2.75) is 31.7 Å². The Bertz CT molecular complexity index is 778. The van der Waals surface area contributed by atoms with Crippen molar-refractivity contribution in [3.63, 3.8) is 0 Å². The average Bonchev–Trinajstić information content (AvgIpc) is 3.20. The van der Waals surface area contributed by atoms with Crippen LogP contribution in [0.25, 0.3) is 0 Å². The number of para-hydroxylation sites is 1. The molecular weight excluding hydrogens is 372 g/mol. The number of carbonyl (C=O) groups excluding carboxylic acids is 4. The van der Waals surface area contributed by atoms with Crippen LogP contribution >= 0.6 is 11.6 Å². The molecule has 1 saturated heterocycles. The molecule has 27 heavy (non-hydrogen) atoms. The van der Waals surface area contributed by atoms with E-state index in [0.717, 1.165) is 35.5 Å². The highest BCUT2D eigenvalue weighted by molar-refractivity contribution is 6.44. The van der Waals surface area contributed by atoms with Crippen molar-refractivity contribution < 1.29 is 19.2 Å². The molecule has 2 fully saturated rings. The number of nitrogens with zero attached hydrogens (tertiary/aromatic N) is 3. The highest BCUT2D eigenvalue weighted by Gasteiger charge is 2.48. The fourth-order valence-corrected chi connectivity index (χ4v) is 3.60. The smallest absolute Gasteiger partial charge is 0.324 e. The van der Waals surface area contributed by atoms with Gasteiger partial charge in [0.1, 0.15) is 0 Å². The molecule has 2 aliphatic rings. The number of imide groups is 2. The summed E-state index contributed by atoms with van der Waals surface area (Å²) in [6, 6.07) is 6.03. The molecule has 0 radical (unpaired) electrons. The van der Waals surface area contributed by atoms with Gasteiger partial charge in [-0.25, -0.2) is 9.69 Å². The fourth-order valence-electron chi connectivity index (χ4n) is 3.42. The van der Waals surface area contributed by atoms with Gasteiger partial charge >= 0.3 is 17.8 Å². The first-order chi connectivity index (χ1) is 12.9. The Morgan fingerprint density at radius 1 is 1.19 bits per heavy atom. The van der Waals surface area contributed by atoms with Gasteiger partial charge in [-0.1, -0.05) is 36.6 Å². The maximum absolute atomic E-state index is 12.5. The van der Waals surface area contributed by atoms with E-state index in [1.54, 1.807) is 31.3 Å². The molecule has 3 rings (SSSR count). The highest BCUT2D eigenvalue weighted by atomic mass is 35.5. The lowest BCUT2D eigenvalue weighted by atomic mass is 10.2. The SMILES string of the molecule is CN(CC(=O)Nc1ccccc1Cl)CN1C(=O)C(=O)N(C2CCCC2)C1=O. The van der Waals surface area contributed by atoms with Gasteiger partial charge in [0.15, 0.2) is 0 Å². The topological polar surface area (TPSA) is 90.0 Å². The van der Waals surface area contributed by atoms with Gasteiger partial charge in [0, 0.05) is 6.04 Å². The first-order valence-electron chi connectivity index (χ1n) is 8.80. The molecule has 0 atom stereocenters. The molecule has 1 aliphatic carbocycles. The van der Waals surface area contributed by atoms with Gasteiger partial charge in [0.05, 0.1) is 23.9 Å². The zero-order chi connectivity index (χ0) is 19.6. The number of halogens is 1. The van der Waals surface area contributed by atoms with E-state index < -0.39 is 17.8 Å². The van der Waals surface area contributed by atoms with Crippen LogP contribution < -0.4 is 5.32 Å². The van der Waals surface area contributed by atoms with E-state index in [-0.39, 0.29) is 25.2 Å². The Kier molecular flexibility index (Phi) is 5.76. The van der Waals surface area contributed by atoms with Crippen LogP contribution in [0.4, 0.5) is 10.5 Å². The van der Waals surface area contributed by atoms with Gasteiger partial charge < -0.3 is 5.32 Å². The molecule has 0 spiro atoms. The number of rotatable bonds is 6. The minimum absolute atomic E-state index is 0.0695. The summed E-state index contributed by atoms with van der Waals surface area (Å²) < 4.78 is 0. The van der Waals surface area contributed by atoms with Crippen molar-refractivity contribution in [2.75, 3.05) is 25.6 Å². The summed E-state index contributed by atoms with van der Waals surface area (Å²) >= 11 is 6.01. The first kappa shape index (κ1) is 19.3. The van der Waals surface area contributed by atoms with Crippen LogP contribution in [0.3, 0.4) is 0 Å². The molecule has 1 saturated carbocycles. The number of anilines is 1. The van der Waals surface area contributed by atoms with Crippen molar-refractivity contribution in [2.24, 2.45) is 0 Å². The summed E-state index contributed by atoms with van der Waals surface area (Å²) in [4.78, 5) is 52.6. The van der Waals surface area contributed by atoms with Crippen molar-refractivity contribution in [1.29, 1.82) is 0 Å². The number of urea groups is 1. The van der Waals surface area contributed by atoms with Crippen molar-refractivity contribution in [3.05, 3.63) is 29.3 Å². The fraction of sp³-hybridized carbons (Fsp3) is 0.444. The number of hydrogen-bond acceptors (Lipinski definition) is 5. The Labute approximate surface area is 162 Å². The predicted octanol–water partition coefficient (Wildman–Crippen LogP) is 1.90. The second kappa shape index (κ2) is 8.06. The van der Waals surface area contributed by atoms with Gasteiger partial charge in [0.25, 0.3) is 0 Å².